The maximum Gasteiger partial charge on any atom is 0.267 e. The molecule has 0 aliphatic heterocycles. The second-order valence-electron chi connectivity index (χ2n) is 6.96. The molecule has 8 nitrogen and oxygen atoms in total. The first-order valence-electron chi connectivity index (χ1n) is 9.75. The Labute approximate surface area is 196 Å². The molecule has 3 N–H and O–H groups in total. The molecule has 0 unspecified atom stereocenters. The molecule has 2 aromatic carbocycles. The molecule has 0 aliphatic rings. The lowest BCUT2D eigenvalue weighted by molar-refractivity contribution is 0.385. The Bertz CT molecular complexity index is 1390. The number of benzene rings is 2. The van der Waals surface area contributed by atoms with Crippen molar-refractivity contribution in [3.8, 4) is 17.3 Å². The highest BCUT2D eigenvalue weighted by atomic mass is 35.5. The van der Waals surface area contributed by atoms with E-state index >= 15 is 0 Å². The van der Waals surface area contributed by atoms with Crippen LogP contribution in [0.3, 0.4) is 0 Å². The molecular formula is C23H20ClN5O3S. The molecule has 0 radical (unpaired) electrons. The van der Waals surface area contributed by atoms with Crippen LogP contribution in [0.25, 0.3) is 17.1 Å². The van der Waals surface area contributed by atoms with Crippen molar-refractivity contribution >= 4 is 38.7 Å². The van der Waals surface area contributed by atoms with Crippen LogP contribution in [0, 0.1) is 0 Å². The number of aromatic nitrogens is 3. The van der Waals surface area contributed by atoms with Gasteiger partial charge in [-0.15, -0.1) is 0 Å². The minimum Gasteiger partial charge on any atom is -0.480 e. The summed E-state index contributed by atoms with van der Waals surface area (Å²) in [7, 11) is -2.64. The molecule has 0 fully saturated rings. The number of pyridine rings is 1. The number of hydrogen-bond donors (Lipinski definition) is 3. The van der Waals surface area contributed by atoms with E-state index in [1.165, 1.54) is 19.4 Å². The number of anilines is 2. The lowest BCUT2D eigenvalue weighted by Gasteiger charge is -2.14. The largest absolute Gasteiger partial charge is 0.480 e. The van der Waals surface area contributed by atoms with Gasteiger partial charge in [-0.25, -0.2) is 18.4 Å². The average Bonchev–Trinajstić information content (AvgIpc) is 3.32. The third-order valence-electron chi connectivity index (χ3n) is 4.64. The monoisotopic (exact) mass is 481 g/mol. The molecule has 168 valence electrons. The number of sulfonamides is 1. The summed E-state index contributed by atoms with van der Waals surface area (Å²) in [6, 6.07) is 17.4. The van der Waals surface area contributed by atoms with Crippen LogP contribution < -0.4 is 14.8 Å². The molecule has 10 heteroatoms. The minimum absolute atomic E-state index is 0.0412. The Morgan fingerprint density at radius 1 is 1.03 bits per heavy atom. The van der Waals surface area contributed by atoms with Gasteiger partial charge in [0.15, 0.2) is 4.90 Å². The van der Waals surface area contributed by atoms with Gasteiger partial charge in [-0.3, -0.25) is 4.72 Å². The van der Waals surface area contributed by atoms with Crippen molar-refractivity contribution < 1.29 is 13.2 Å². The molecule has 33 heavy (non-hydrogen) atoms. The summed E-state index contributed by atoms with van der Waals surface area (Å²) in [5, 5.41) is 3.56. The van der Waals surface area contributed by atoms with Crippen molar-refractivity contribution in [3.05, 3.63) is 90.4 Å². The SMILES string of the molecule is C=C(Nc1cnc(OC)c(S(=O)(=O)Nc2ccc(Cl)cc2)c1)c1cnc(-c2ccccc2)[nH]1. The van der Waals surface area contributed by atoms with Crippen molar-refractivity contribution in [2.45, 2.75) is 4.90 Å². The van der Waals surface area contributed by atoms with Gasteiger partial charge in [-0.1, -0.05) is 48.5 Å². The Kier molecular flexibility index (Phi) is 6.34. The van der Waals surface area contributed by atoms with Crippen molar-refractivity contribution in [1.29, 1.82) is 0 Å². The minimum atomic E-state index is -3.99. The Morgan fingerprint density at radius 2 is 1.76 bits per heavy atom. The number of hydrogen-bond acceptors (Lipinski definition) is 6. The fourth-order valence-electron chi connectivity index (χ4n) is 3.03. The highest BCUT2D eigenvalue weighted by Gasteiger charge is 2.22. The summed E-state index contributed by atoms with van der Waals surface area (Å²) in [5.41, 5.74) is 2.84. The van der Waals surface area contributed by atoms with Crippen molar-refractivity contribution in [3.63, 3.8) is 0 Å². The van der Waals surface area contributed by atoms with Crippen molar-refractivity contribution in [2.24, 2.45) is 0 Å². The summed E-state index contributed by atoms with van der Waals surface area (Å²) in [5.74, 6) is 0.650. The van der Waals surface area contributed by atoms with Gasteiger partial charge in [0.05, 0.1) is 36.6 Å². The van der Waals surface area contributed by atoms with Crippen LogP contribution in [0.15, 0.2) is 84.5 Å². The van der Waals surface area contributed by atoms with Gasteiger partial charge in [-0.2, -0.15) is 0 Å². The fraction of sp³-hybridized carbons (Fsp3) is 0.0435. The lowest BCUT2D eigenvalue weighted by Crippen LogP contribution is -2.15. The third kappa shape index (κ3) is 5.16. The van der Waals surface area contributed by atoms with E-state index in [1.54, 1.807) is 30.5 Å². The maximum atomic E-state index is 13.0. The Hall–Kier alpha value is -3.82. The Balaban J connectivity index is 1.57. The van der Waals surface area contributed by atoms with Gasteiger partial charge in [0.2, 0.25) is 5.88 Å². The Morgan fingerprint density at radius 3 is 2.45 bits per heavy atom. The predicted molar refractivity (Wildman–Crippen MR) is 130 cm³/mol. The smallest absolute Gasteiger partial charge is 0.267 e. The summed E-state index contributed by atoms with van der Waals surface area (Å²) in [4.78, 5) is 11.6. The van der Waals surface area contributed by atoms with Crippen LogP contribution >= 0.6 is 11.6 Å². The maximum absolute atomic E-state index is 13.0. The summed E-state index contributed by atoms with van der Waals surface area (Å²) in [6.07, 6.45) is 3.11. The van der Waals surface area contributed by atoms with Crippen LogP contribution in [0.1, 0.15) is 5.69 Å². The van der Waals surface area contributed by atoms with E-state index in [0.29, 0.717) is 33.6 Å². The van der Waals surface area contributed by atoms with E-state index in [-0.39, 0.29) is 10.8 Å². The highest BCUT2D eigenvalue weighted by Crippen LogP contribution is 2.28. The number of ether oxygens (including phenoxy) is 1. The average molecular weight is 482 g/mol. The van der Waals surface area contributed by atoms with Crippen LogP contribution in [0.2, 0.25) is 5.02 Å². The number of nitrogens with zero attached hydrogens (tertiary/aromatic N) is 2. The van der Waals surface area contributed by atoms with Gasteiger partial charge >= 0.3 is 0 Å². The molecule has 0 atom stereocenters. The van der Waals surface area contributed by atoms with E-state index in [9.17, 15) is 8.42 Å². The standard InChI is InChI=1S/C23H20ClN5O3S/c1-15(20-14-25-22(28-20)16-6-4-3-5-7-16)27-19-12-21(23(32-2)26-13-19)33(30,31)29-18-10-8-17(24)9-11-18/h3-14,27,29H,1H2,2H3,(H,25,28). The molecule has 0 amide bonds. The molecule has 0 bridgehead atoms. The topological polar surface area (TPSA) is 109 Å². The van der Waals surface area contributed by atoms with E-state index in [4.69, 9.17) is 16.3 Å². The number of methoxy groups -OCH3 is 1. The first-order valence-corrected chi connectivity index (χ1v) is 11.6. The van der Waals surface area contributed by atoms with E-state index in [1.807, 2.05) is 30.3 Å². The van der Waals surface area contributed by atoms with E-state index in [2.05, 4.69) is 31.6 Å². The van der Waals surface area contributed by atoms with Gasteiger partial charge in [0.25, 0.3) is 10.0 Å². The molecular weight excluding hydrogens is 462 g/mol. The fourth-order valence-corrected chi connectivity index (χ4v) is 4.36. The number of rotatable bonds is 8. The van der Waals surface area contributed by atoms with Crippen molar-refractivity contribution in [1.82, 2.24) is 15.0 Å². The van der Waals surface area contributed by atoms with Gasteiger partial charge in [0, 0.05) is 16.3 Å². The number of nitrogens with one attached hydrogen (secondary N) is 3. The van der Waals surface area contributed by atoms with Gasteiger partial charge in [-0.05, 0) is 30.3 Å². The molecule has 0 saturated carbocycles. The van der Waals surface area contributed by atoms with E-state index < -0.39 is 10.0 Å². The highest BCUT2D eigenvalue weighted by molar-refractivity contribution is 7.92. The number of H-pyrrole nitrogens is 1. The van der Waals surface area contributed by atoms with Crippen LogP contribution in [0.5, 0.6) is 5.88 Å². The first-order chi connectivity index (χ1) is 15.9. The van der Waals surface area contributed by atoms with Crippen LogP contribution in [-0.4, -0.2) is 30.5 Å². The lowest BCUT2D eigenvalue weighted by atomic mass is 10.2. The number of halogens is 1. The quantitative estimate of drug-likeness (QED) is 0.326. The number of imidazole rings is 1. The third-order valence-corrected chi connectivity index (χ3v) is 6.27. The van der Waals surface area contributed by atoms with Crippen LogP contribution in [-0.2, 0) is 10.0 Å². The summed E-state index contributed by atoms with van der Waals surface area (Å²) in [6.45, 7) is 4.02. The molecule has 4 rings (SSSR count). The van der Waals surface area contributed by atoms with Crippen LogP contribution in [0.4, 0.5) is 11.4 Å². The zero-order valence-electron chi connectivity index (χ0n) is 17.5. The first kappa shape index (κ1) is 22.4. The molecule has 2 heterocycles. The predicted octanol–water partition coefficient (Wildman–Crippen LogP) is 5.02. The van der Waals surface area contributed by atoms with E-state index in [0.717, 1.165) is 5.56 Å². The van der Waals surface area contributed by atoms with Crippen molar-refractivity contribution in [2.75, 3.05) is 17.1 Å². The molecule has 4 aromatic rings. The molecule has 0 aliphatic carbocycles. The normalized spacial score (nSPS) is 11.1. The number of aromatic amines is 1. The van der Waals surface area contributed by atoms with Gasteiger partial charge in [0.1, 0.15) is 5.82 Å². The molecule has 2 aromatic heterocycles. The van der Waals surface area contributed by atoms with Gasteiger partial charge < -0.3 is 15.0 Å². The zero-order chi connectivity index (χ0) is 23.4. The molecule has 0 spiro atoms. The zero-order valence-corrected chi connectivity index (χ0v) is 19.1. The second-order valence-corrected chi connectivity index (χ2v) is 9.05. The summed E-state index contributed by atoms with van der Waals surface area (Å²) >= 11 is 5.87. The second kappa shape index (κ2) is 9.35. The summed E-state index contributed by atoms with van der Waals surface area (Å²) < 4.78 is 33.7. The molecule has 0 saturated heterocycles.